The van der Waals surface area contributed by atoms with Crippen molar-refractivity contribution in [3.05, 3.63) is 51.2 Å². The van der Waals surface area contributed by atoms with Gasteiger partial charge in [0.15, 0.2) is 5.11 Å². The van der Waals surface area contributed by atoms with Crippen molar-refractivity contribution in [1.29, 1.82) is 0 Å². The van der Waals surface area contributed by atoms with Crippen molar-refractivity contribution in [3.63, 3.8) is 0 Å². The first-order valence-electron chi connectivity index (χ1n) is 9.38. The Balaban J connectivity index is 1.61. The molecule has 146 valence electrons. The maximum atomic E-state index is 6.25. The highest BCUT2D eigenvalue weighted by Crippen LogP contribution is 2.23. The average molecular weight is 425 g/mol. The van der Waals surface area contributed by atoms with Gasteiger partial charge < -0.3 is 19.9 Å². The van der Waals surface area contributed by atoms with Crippen LogP contribution >= 0.6 is 35.2 Å². The molecule has 1 aromatic heterocycles. The molecule has 2 aromatic rings. The van der Waals surface area contributed by atoms with E-state index in [0.717, 1.165) is 73.7 Å². The smallest absolute Gasteiger partial charge is 0.173 e. The molecule has 1 fully saturated rings. The lowest BCUT2D eigenvalue weighted by molar-refractivity contribution is -0.908. The molecule has 4 nitrogen and oxygen atoms in total. The second kappa shape index (κ2) is 10.4. The lowest BCUT2D eigenvalue weighted by atomic mass is 10.2. The zero-order chi connectivity index (χ0) is 19.1. The van der Waals surface area contributed by atoms with Gasteiger partial charge in [0, 0.05) is 28.6 Å². The predicted molar refractivity (Wildman–Crippen MR) is 118 cm³/mol. The summed E-state index contributed by atoms with van der Waals surface area (Å²) < 4.78 is 5.45. The summed E-state index contributed by atoms with van der Waals surface area (Å²) in [5.41, 5.74) is 2.00. The largest absolute Gasteiger partial charge is 0.370 e. The standard InChI is InChI=1S/C20H26ClN3OS2/c1-16-18(21)6-2-7-19(16)22-20(26)24(15-17-5-3-14-27-17)9-4-8-23-10-12-25-13-11-23/h2-3,5-7,14H,4,8-13,15H2,1H3,(H,22,26)/p+1. The van der Waals surface area contributed by atoms with Crippen LogP contribution in [0.2, 0.25) is 5.02 Å². The van der Waals surface area contributed by atoms with Crippen LogP contribution in [0.3, 0.4) is 0 Å². The number of halogens is 1. The van der Waals surface area contributed by atoms with Crippen molar-refractivity contribution in [2.24, 2.45) is 0 Å². The zero-order valence-electron chi connectivity index (χ0n) is 15.7. The second-order valence-electron chi connectivity index (χ2n) is 6.81. The first kappa shape index (κ1) is 20.6. The van der Waals surface area contributed by atoms with E-state index in [0.29, 0.717) is 0 Å². The van der Waals surface area contributed by atoms with Crippen molar-refractivity contribution < 1.29 is 9.64 Å². The van der Waals surface area contributed by atoms with Crippen LogP contribution in [0.4, 0.5) is 5.69 Å². The van der Waals surface area contributed by atoms with Gasteiger partial charge in [-0.2, -0.15) is 0 Å². The molecule has 2 heterocycles. The molecule has 0 saturated carbocycles. The summed E-state index contributed by atoms with van der Waals surface area (Å²) in [6.07, 6.45) is 1.11. The van der Waals surface area contributed by atoms with Gasteiger partial charge in [0.05, 0.1) is 26.3 Å². The number of hydrogen-bond acceptors (Lipinski definition) is 3. The second-order valence-corrected chi connectivity index (χ2v) is 8.64. The van der Waals surface area contributed by atoms with Crippen molar-refractivity contribution in [2.75, 3.05) is 44.7 Å². The van der Waals surface area contributed by atoms with Crippen LogP contribution in [0.25, 0.3) is 0 Å². The van der Waals surface area contributed by atoms with Gasteiger partial charge in [-0.3, -0.25) is 0 Å². The maximum absolute atomic E-state index is 6.25. The van der Waals surface area contributed by atoms with Gasteiger partial charge in [-0.15, -0.1) is 11.3 Å². The Hall–Kier alpha value is -1.18. The normalized spacial score (nSPS) is 14.9. The Morgan fingerprint density at radius 3 is 2.85 bits per heavy atom. The monoisotopic (exact) mass is 424 g/mol. The van der Waals surface area contributed by atoms with E-state index in [1.807, 2.05) is 25.1 Å². The fourth-order valence-electron chi connectivity index (χ4n) is 3.21. The van der Waals surface area contributed by atoms with Crippen LogP contribution < -0.4 is 10.2 Å². The summed E-state index contributed by atoms with van der Waals surface area (Å²) >= 11 is 13.8. The molecule has 0 amide bonds. The van der Waals surface area contributed by atoms with Crippen molar-refractivity contribution in [3.8, 4) is 0 Å². The summed E-state index contributed by atoms with van der Waals surface area (Å²) in [7, 11) is 0. The third-order valence-electron chi connectivity index (χ3n) is 4.88. The number of benzene rings is 1. The lowest BCUT2D eigenvalue weighted by Crippen LogP contribution is -3.14. The van der Waals surface area contributed by atoms with E-state index in [4.69, 9.17) is 28.6 Å². The van der Waals surface area contributed by atoms with Crippen LogP contribution in [-0.4, -0.2) is 49.4 Å². The SMILES string of the molecule is Cc1c(Cl)cccc1NC(=S)N(CCC[NH+]1CCOCC1)Cc1cccs1. The quantitative estimate of drug-likeness (QED) is 0.668. The summed E-state index contributed by atoms with van der Waals surface area (Å²) in [6, 6.07) is 10.1. The molecule has 3 rings (SSSR count). The lowest BCUT2D eigenvalue weighted by Gasteiger charge is -2.28. The number of thiocarbonyl (C=S) groups is 1. The van der Waals surface area contributed by atoms with Crippen LogP contribution in [-0.2, 0) is 11.3 Å². The highest BCUT2D eigenvalue weighted by molar-refractivity contribution is 7.80. The molecule has 1 aliphatic heterocycles. The topological polar surface area (TPSA) is 28.9 Å². The van der Waals surface area contributed by atoms with Gasteiger partial charge in [0.1, 0.15) is 13.1 Å². The number of nitrogens with zero attached hydrogens (tertiary/aromatic N) is 1. The fraction of sp³-hybridized carbons (Fsp3) is 0.450. The van der Waals surface area contributed by atoms with E-state index in [1.54, 1.807) is 16.2 Å². The van der Waals surface area contributed by atoms with Gasteiger partial charge in [-0.25, -0.2) is 0 Å². The molecule has 0 bridgehead atoms. The molecule has 7 heteroatoms. The fourth-order valence-corrected chi connectivity index (χ4v) is 4.37. The van der Waals surface area contributed by atoms with Crippen molar-refractivity contribution in [2.45, 2.75) is 19.9 Å². The third kappa shape index (κ3) is 6.16. The van der Waals surface area contributed by atoms with Gasteiger partial charge in [-0.05, 0) is 48.3 Å². The number of anilines is 1. The molecule has 1 aromatic carbocycles. The first-order chi connectivity index (χ1) is 13.1. The van der Waals surface area contributed by atoms with Crippen LogP contribution in [0.1, 0.15) is 16.9 Å². The number of rotatable bonds is 7. The molecule has 27 heavy (non-hydrogen) atoms. The first-order valence-corrected chi connectivity index (χ1v) is 11.0. The van der Waals surface area contributed by atoms with Crippen LogP contribution in [0.5, 0.6) is 0 Å². The number of thiophene rings is 1. The maximum Gasteiger partial charge on any atom is 0.173 e. The number of quaternary nitrogens is 1. The van der Waals surface area contributed by atoms with Gasteiger partial charge in [-0.1, -0.05) is 23.7 Å². The van der Waals surface area contributed by atoms with E-state index >= 15 is 0 Å². The minimum absolute atomic E-state index is 0.753. The predicted octanol–water partition coefficient (Wildman–Crippen LogP) is 3.21. The van der Waals surface area contributed by atoms with E-state index in [2.05, 4.69) is 27.7 Å². The molecule has 1 aliphatic rings. The summed E-state index contributed by atoms with van der Waals surface area (Å²) in [6.45, 7) is 8.91. The van der Waals surface area contributed by atoms with Crippen molar-refractivity contribution in [1.82, 2.24) is 4.90 Å². The molecule has 0 unspecified atom stereocenters. The summed E-state index contributed by atoms with van der Waals surface area (Å²) in [4.78, 5) is 5.21. The molecule has 0 atom stereocenters. The number of nitrogens with one attached hydrogen (secondary N) is 2. The number of hydrogen-bond donors (Lipinski definition) is 2. The van der Waals surface area contributed by atoms with Crippen molar-refractivity contribution >= 4 is 46.0 Å². The van der Waals surface area contributed by atoms with Crippen LogP contribution in [0, 0.1) is 6.92 Å². The average Bonchev–Trinajstić information content (AvgIpc) is 3.19. The Morgan fingerprint density at radius 2 is 2.11 bits per heavy atom. The van der Waals surface area contributed by atoms with E-state index in [-0.39, 0.29) is 0 Å². The summed E-state index contributed by atoms with van der Waals surface area (Å²) in [5.74, 6) is 0. The minimum atomic E-state index is 0.753. The zero-order valence-corrected chi connectivity index (χ0v) is 18.1. The van der Waals surface area contributed by atoms with E-state index in [9.17, 15) is 0 Å². The molecule has 2 N–H and O–H groups in total. The Morgan fingerprint density at radius 1 is 1.30 bits per heavy atom. The Bertz CT molecular complexity index is 733. The molecule has 1 saturated heterocycles. The Labute approximate surface area is 176 Å². The van der Waals surface area contributed by atoms with E-state index in [1.165, 1.54) is 4.88 Å². The number of morpholine rings is 1. The Kier molecular flexibility index (Phi) is 7.91. The van der Waals surface area contributed by atoms with Gasteiger partial charge >= 0.3 is 0 Å². The summed E-state index contributed by atoms with van der Waals surface area (Å²) in [5, 5.41) is 7.03. The molecular weight excluding hydrogens is 398 g/mol. The highest BCUT2D eigenvalue weighted by Gasteiger charge is 2.16. The van der Waals surface area contributed by atoms with Gasteiger partial charge in [0.25, 0.3) is 0 Å². The highest BCUT2D eigenvalue weighted by atomic mass is 35.5. The molecule has 0 spiro atoms. The third-order valence-corrected chi connectivity index (χ3v) is 6.51. The van der Waals surface area contributed by atoms with Gasteiger partial charge in [0.2, 0.25) is 0 Å². The number of ether oxygens (including phenoxy) is 1. The molecular formula is C20H27ClN3OS2+. The minimum Gasteiger partial charge on any atom is -0.370 e. The molecule has 0 aliphatic carbocycles. The molecule has 0 radical (unpaired) electrons. The van der Waals surface area contributed by atoms with E-state index < -0.39 is 0 Å². The van der Waals surface area contributed by atoms with Crippen LogP contribution in [0.15, 0.2) is 35.7 Å².